The highest BCUT2D eigenvalue weighted by molar-refractivity contribution is 7.16. The quantitative estimate of drug-likeness (QED) is 0.753. The van der Waals surface area contributed by atoms with E-state index in [0.29, 0.717) is 6.04 Å². The summed E-state index contributed by atoms with van der Waals surface area (Å²) in [6, 6.07) is 4.39. The predicted octanol–water partition coefficient (Wildman–Crippen LogP) is 4.02. The van der Waals surface area contributed by atoms with E-state index in [4.69, 9.17) is 11.6 Å². The average molecular weight is 230 g/mol. The van der Waals surface area contributed by atoms with Crippen molar-refractivity contribution >= 4 is 22.9 Å². The second-order valence-electron chi connectivity index (χ2n) is 3.29. The molecule has 0 aliphatic heterocycles. The van der Waals surface area contributed by atoms with Gasteiger partial charge in [-0.3, -0.25) is 0 Å². The number of thiophene rings is 1. The highest BCUT2D eigenvalue weighted by Crippen LogP contribution is 2.30. The van der Waals surface area contributed by atoms with E-state index in [0.717, 1.165) is 17.2 Å². The number of halogens is 1. The van der Waals surface area contributed by atoms with E-state index in [1.165, 1.54) is 10.5 Å². The maximum absolute atomic E-state index is 5.90. The van der Waals surface area contributed by atoms with Crippen molar-refractivity contribution in [1.29, 1.82) is 0 Å². The topological polar surface area (TPSA) is 12.0 Å². The molecular weight excluding hydrogens is 214 g/mol. The molecule has 0 aliphatic rings. The Kier molecular flexibility index (Phi) is 4.66. The zero-order valence-electron chi connectivity index (χ0n) is 8.64. The minimum absolute atomic E-state index is 0.361. The summed E-state index contributed by atoms with van der Waals surface area (Å²) in [6.45, 7) is 6.16. The summed E-state index contributed by atoms with van der Waals surface area (Å²) in [4.78, 5) is 1.28. The van der Waals surface area contributed by atoms with E-state index in [1.54, 1.807) is 11.3 Å². The Bertz CT molecular complexity index is 306. The molecule has 1 unspecified atom stereocenters. The van der Waals surface area contributed by atoms with Crippen LogP contribution in [-0.2, 0) is 0 Å². The minimum atomic E-state index is 0.361. The molecule has 1 rings (SSSR count). The van der Waals surface area contributed by atoms with Crippen LogP contribution in [-0.4, -0.2) is 7.05 Å². The van der Waals surface area contributed by atoms with E-state index in [9.17, 15) is 0 Å². The van der Waals surface area contributed by atoms with Crippen LogP contribution in [0.2, 0.25) is 4.34 Å². The molecule has 3 heteroatoms. The van der Waals surface area contributed by atoms with Gasteiger partial charge in [-0.15, -0.1) is 11.3 Å². The zero-order valence-corrected chi connectivity index (χ0v) is 10.2. The van der Waals surface area contributed by atoms with Crippen molar-refractivity contribution in [2.45, 2.75) is 25.8 Å². The third-order valence-corrected chi connectivity index (χ3v) is 3.62. The minimum Gasteiger partial charge on any atom is -0.312 e. The average Bonchev–Trinajstić information content (AvgIpc) is 2.60. The molecule has 0 fully saturated rings. The summed E-state index contributed by atoms with van der Waals surface area (Å²) in [7, 11) is 1.97. The third-order valence-electron chi connectivity index (χ3n) is 2.28. The van der Waals surface area contributed by atoms with Gasteiger partial charge in [-0.2, -0.15) is 0 Å². The highest BCUT2D eigenvalue weighted by Gasteiger charge is 2.11. The van der Waals surface area contributed by atoms with Gasteiger partial charge in [0.1, 0.15) is 0 Å². The van der Waals surface area contributed by atoms with Crippen molar-refractivity contribution in [2.75, 3.05) is 7.05 Å². The fourth-order valence-corrected chi connectivity index (χ4v) is 2.46. The molecule has 1 nitrogen and oxygen atoms in total. The number of hydrogen-bond acceptors (Lipinski definition) is 2. The van der Waals surface area contributed by atoms with Crippen LogP contribution in [0.5, 0.6) is 0 Å². The van der Waals surface area contributed by atoms with Gasteiger partial charge in [-0.05, 0) is 32.0 Å². The van der Waals surface area contributed by atoms with Crippen molar-refractivity contribution in [3.8, 4) is 0 Å². The van der Waals surface area contributed by atoms with Gasteiger partial charge in [0.15, 0.2) is 0 Å². The van der Waals surface area contributed by atoms with E-state index < -0.39 is 0 Å². The van der Waals surface area contributed by atoms with E-state index in [-0.39, 0.29) is 0 Å². The lowest BCUT2D eigenvalue weighted by Crippen LogP contribution is -2.15. The number of hydrogen-bond donors (Lipinski definition) is 1. The largest absolute Gasteiger partial charge is 0.312 e. The van der Waals surface area contributed by atoms with Gasteiger partial charge < -0.3 is 5.32 Å². The first-order valence-electron chi connectivity index (χ1n) is 4.76. The molecule has 0 aliphatic carbocycles. The summed E-state index contributed by atoms with van der Waals surface area (Å²) in [5.41, 5.74) is 1.27. The number of nitrogens with one attached hydrogen (secondary N) is 1. The summed E-state index contributed by atoms with van der Waals surface area (Å²) in [5.74, 6) is 0. The van der Waals surface area contributed by atoms with Crippen LogP contribution in [0.1, 0.15) is 30.7 Å². The molecule has 14 heavy (non-hydrogen) atoms. The monoisotopic (exact) mass is 229 g/mol. The van der Waals surface area contributed by atoms with E-state index in [2.05, 4.69) is 24.9 Å². The Morgan fingerprint density at radius 2 is 2.36 bits per heavy atom. The van der Waals surface area contributed by atoms with Crippen LogP contribution >= 0.6 is 22.9 Å². The Labute approximate surface area is 94.8 Å². The molecule has 0 amide bonds. The SMILES string of the molecule is C=C(CC)CC(NC)c1ccc(Cl)s1. The van der Waals surface area contributed by atoms with Crippen LogP contribution in [0.15, 0.2) is 24.3 Å². The smallest absolute Gasteiger partial charge is 0.0931 e. The lowest BCUT2D eigenvalue weighted by Gasteiger charge is -2.15. The fourth-order valence-electron chi connectivity index (χ4n) is 1.29. The van der Waals surface area contributed by atoms with Gasteiger partial charge in [0.05, 0.1) is 4.34 Å². The molecule has 0 radical (unpaired) electrons. The standard InChI is InChI=1S/C11H16ClNS/c1-4-8(2)7-9(13-3)10-5-6-11(12)14-10/h5-6,9,13H,2,4,7H2,1,3H3. The molecule has 1 aromatic rings. The van der Waals surface area contributed by atoms with Crippen molar-refractivity contribution < 1.29 is 0 Å². The van der Waals surface area contributed by atoms with Gasteiger partial charge in [-0.25, -0.2) is 0 Å². The maximum Gasteiger partial charge on any atom is 0.0931 e. The van der Waals surface area contributed by atoms with Gasteiger partial charge in [0, 0.05) is 10.9 Å². The van der Waals surface area contributed by atoms with Crippen molar-refractivity contribution in [1.82, 2.24) is 5.32 Å². The molecule has 0 spiro atoms. The van der Waals surface area contributed by atoms with Crippen molar-refractivity contribution in [3.05, 3.63) is 33.5 Å². The Morgan fingerprint density at radius 1 is 1.64 bits per heavy atom. The molecular formula is C11H16ClNS. The van der Waals surface area contributed by atoms with Crippen LogP contribution in [0, 0.1) is 0 Å². The van der Waals surface area contributed by atoms with Crippen LogP contribution in [0.3, 0.4) is 0 Å². The first kappa shape index (κ1) is 11.8. The van der Waals surface area contributed by atoms with Gasteiger partial charge in [-0.1, -0.05) is 30.7 Å². The maximum atomic E-state index is 5.90. The Morgan fingerprint density at radius 3 is 2.79 bits per heavy atom. The number of rotatable bonds is 5. The highest BCUT2D eigenvalue weighted by atomic mass is 35.5. The molecule has 78 valence electrons. The van der Waals surface area contributed by atoms with Crippen LogP contribution in [0.25, 0.3) is 0 Å². The Balaban J connectivity index is 2.67. The molecule has 0 saturated heterocycles. The molecule has 1 heterocycles. The van der Waals surface area contributed by atoms with Gasteiger partial charge in [0.25, 0.3) is 0 Å². The summed E-state index contributed by atoms with van der Waals surface area (Å²) in [6.07, 6.45) is 2.03. The first-order valence-corrected chi connectivity index (χ1v) is 5.96. The van der Waals surface area contributed by atoms with Crippen LogP contribution < -0.4 is 5.32 Å². The second kappa shape index (κ2) is 5.54. The van der Waals surface area contributed by atoms with Crippen LogP contribution in [0.4, 0.5) is 0 Å². The molecule has 0 aromatic carbocycles. The Hall–Kier alpha value is -0.310. The summed E-state index contributed by atoms with van der Waals surface area (Å²) in [5, 5.41) is 3.29. The van der Waals surface area contributed by atoms with Crippen molar-refractivity contribution in [2.24, 2.45) is 0 Å². The van der Waals surface area contributed by atoms with Gasteiger partial charge in [0.2, 0.25) is 0 Å². The molecule has 1 atom stereocenters. The summed E-state index contributed by atoms with van der Waals surface area (Å²) >= 11 is 7.53. The lowest BCUT2D eigenvalue weighted by atomic mass is 10.0. The predicted molar refractivity (Wildman–Crippen MR) is 65.2 cm³/mol. The third kappa shape index (κ3) is 3.12. The molecule has 1 aromatic heterocycles. The molecule has 0 bridgehead atoms. The van der Waals surface area contributed by atoms with E-state index >= 15 is 0 Å². The van der Waals surface area contributed by atoms with Crippen molar-refractivity contribution in [3.63, 3.8) is 0 Å². The van der Waals surface area contributed by atoms with E-state index in [1.807, 2.05) is 13.1 Å². The lowest BCUT2D eigenvalue weighted by molar-refractivity contribution is 0.592. The second-order valence-corrected chi connectivity index (χ2v) is 5.04. The fraction of sp³-hybridized carbons (Fsp3) is 0.455. The normalized spacial score (nSPS) is 12.8. The summed E-state index contributed by atoms with van der Waals surface area (Å²) < 4.78 is 0.849. The first-order chi connectivity index (χ1) is 6.67. The van der Waals surface area contributed by atoms with Gasteiger partial charge >= 0.3 is 0 Å². The zero-order chi connectivity index (χ0) is 10.6. The molecule has 0 saturated carbocycles. The molecule has 1 N–H and O–H groups in total.